The Bertz CT molecular complexity index is 471. The number of aliphatic imine (C=N–C) groups is 1. The molecule has 0 heterocycles. The summed E-state index contributed by atoms with van der Waals surface area (Å²) in [6.45, 7) is 2.16. The van der Waals surface area contributed by atoms with Gasteiger partial charge < -0.3 is 0 Å². The summed E-state index contributed by atoms with van der Waals surface area (Å²) < 4.78 is 0. The number of para-hydroxylation sites is 1. The normalized spacial score (nSPS) is 11.5. The third-order valence-corrected chi connectivity index (χ3v) is 2.70. The molecule has 1 heteroatoms. The van der Waals surface area contributed by atoms with Gasteiger partial charge in [-0.1, -0.05) is 55.5 Å². The Morgan fingerprint density at radius 2 is 1.47 bits per heavy atom. The van der Waals surface area contributed by atoms with Crippen LogP contribution in [0.1, 0.15) is 18.9 Å². The molecule has 2 aromatic carbocycles. The zero-order valence-corrected chi connectivity index (χ0v) is 10.1. The number of rotatable bonds is 4. The molecule has 86 valence electrons. The van der Waals surface area contributed by atoms with Crippen molar-refractivity contribution in [3.05, 3.63) is 66.2 Å². The molecule has 0 N–H and O–H groups in total. The molecule has 0 saturated heterocycles. The minimum Gasteiger partial charge on any atom is -0.258 e. The molecular formula is C16H17N. The van der Waals surface area contributed by atoms with E-state index in [1.54, 1.807) is 0 Å². The lowest BCUT2D eigenvalue weighted by Gasteiger charge is -2.04. The van der Waals surface area contributed by atoms with Crippen LogP contribution >= 0.6 is 0 Å². The molecule has 0 spiro atoms. The Kier molecular flexibility index (Phi) is 4.09. The average molecular weight is 223 g/mol. The van der Waals surface area contributed by atoms with Crippen molar-refractivity contribution in [1.29, 1.82) is 0 Å². The van der Waals surface area contributed by atoms with Crippen LogP contribution in [0.15, 0.2) is 65.7 Å². The molecule has 0 saturated carbocycles. The fourth-order valence-corrected chi connectivity index (χ4v) is 1.76. The van der Waals surface area contributed by atoms with Gasteiger partial charge in [0.1, 0.15) is 0 Å². The maximum absolute atomic E-state index is 4.69. The standard InChI is InChI=1S/C16H17N/c1-2-15(13-14-9-5-3-6-10-14)17-16-11-7-4-8-12-16/h3-12H,2,13H2,1H3. The van der Waals surface area contributed by atoms with Gasteiger partial charge in [0, 0.05) is 12.1 Å². The van der Waals surface area contributed by atoms with Gasteiger partial charge >= 0.3 is 0 Å². The second-order valence-electron chi connectivity index (χ2n) is 4.03. The van der Waals surface area contributed by atoms with Crippen molar-refractivity contribution < 1.29 is 0 Å². The summed E-state index contributed by atoms with van der Waals surface area (Å²) in [5.41, 5.74) is 3.59. The zero-order valence-electron chi connectivity index (χ0n) is 10.1. The highest BCUT2D eigenvalue weighted by Gasteiger charge is 1.99. The van der Waals surface area contributed by atoms with Gasteiger partial charge in [-0.15, -0.1) is 0 Å². The van der Waals surface area contributed by atoms with Crippen LogP contribution in [0.2, 0.25) is 0 Å². The van der Waals surface area contributed by atoms with Crippen LogP contribution in [0, 0.1) is 0 Å². The average Bonchev–Trinajstić information content (AvgIpc) is 2.40. The molecule has 17 heavy (non-hydrogen) atoms. The number of hydrogen-bond donors (Lipinski definition) is 0. The lowest BCUT2D eigenvalue weighted by molar-refractivity contribution is 1.17. The summed E-state index contributed by atoms with van der Waals surface area (Å²) in [7, 11) is 0. The van der Waals surface area contributed by atoms with Crippen LogP contribution in [-0.4, -0.2) is 5.71 Å². The van der Waals surface area contributed by atoms with Crippen molar-refractivity contribution in [3.63, 3.8) is 0 Å². The smallest absolute Gasteiger partial charge is 0.0629 e. The summed E-state index contributed by atoms with van der Waals surface area (Å²) in [6, 6.07) is 20.6. The second-order valence-corrected chi connectivity index (χ2v) is 4.03. The summed E-state index contributed by atoms with van der Waals surface area (Å²) in [6.07, 6.45) is 1.93. The second kappa shape index (κ2) is 6.00. The van der Waals surface area contributed by atoms with E-state index >= 15 is 0 Å². The van der Waals surface area contributed by atoms with E-state index in [1.807, 2.05) is 36.4 Å². The van der Waals surface area contributed by atoms with E-state index in [2.05, 4.69) is 36.2 Å². The first-order valence-electron chi connectivity index (χ1n) is 6.04. The number of nitrogens with zero attached hydrogens (tertiary/aromatic N) is 1. The van der Waals surface area contributed by atoms with E-state index in [9.17, 15) is 0 Å². The molecule has 2 rings (SSSR count). The van der Waals surface area contributed by atoms with Gasteiger partial charge in [0.2, 0.25) is 0 Å². The van der Waals surface area contributed by atoms with Crippen molar-refractivity contribution in [2.24, 2.45) is 4.99 Å². The molecule has 0 bridgehead atoms. The van der Waals surface area contributed by atoms with Gasteiger partial charge in [-0.25, -0.2) is 0 Å². The van der Waals surface area contributed by atoms with Crippen LogP contribution in [0.5, 0.6) is 0 Å². The summed E-state index contributed by atoms with van der Waals surface area (Å²) in [5.74, 6) is 0. The maximum Gasteiger partial charge on any atom is 0.0629 e. The van der Waals surface area contributed by atoms with Crippen LogP contribution in [0.3, 0.4) is 0 Å². The number of hydrogen-bond acceptors (Lipinski definition) is 1. The van der Waals surface area contributed by atoms with Crippen molar-refractivity contribution in [2.45, 2.75) is 19.8 Å². The molecule has 0 amide bonds. The number of benzene rings is 2. The van der Waals surface area contributed by atoms with Crippen LogP contribution in [-0.2, 0) is 6.42 Å². The van der Waals surface area contributed by atoms with Crippen molar-refractivity contribution in [3.8, 4) is 0 Å². The third-order valence-electron chi connectivity index (χ3n) is 2.70. The minimum atomic E-state index is 0.937. The van der Waals surface area contributed by atoms with Gasteiger partial charge in [-0.3, -0.25) is 4.99 Å². The SMILES string of the molecule is CCC(Cc1ccccc1)=Nc1ccccc1. The van der Waals surface area contributed by atoms with Crippen molar-refractivity contribution in [2.75, 3.05) is 0 Å². The predicted octanol–water partition coefficient (Wildman–Crippen LogP) is 4.41. The summed E-state index contributed by atoms with van der Waals surface area (Å²) in [4.78, 5) is 4.69. The topological polar surface area (TPSA) is 12.4 Å². The Morgan fingerprint density at radius 3 is 2.06 bits per heavy atom. The van der Waals surface area contributed by atoms with Gasteiger partial charge in [0.25, 0.3) is 0 Å². The first kappa shape index (κ1) is 11.6. The highest BCUT2D eigenvalue weighted by atomic mass is 14.7. The molecule has 0 radical (unpaired) electrons. The Hall–Kier alpha value is -1.89. The van der Waals surface area contributed by atoms with Gasteiger partial charge in [0.15, 0.2) is 0 Å². The van der Waals surface area contributed by atoms with Gasteiger partial charge in [-0.2, -0.15) is 0 Å². The molecule has 0 atom stereocenters. The molecule has 0 unspecified atom stereocenters. The van der Waals surface area contributed by atoms with Gasteiger partial charge in [-0.05, 0) is 24.1 Å². The molecule has 0 aliphatic carbocycles. The lowest BCUT2D eigenvalue weighted by Crippen LogP contribution is -2.00. The Morgan fingerprint density at radius 1 is 0.882 bits per heavy atom. The van der Waals surface area contributed by atoms with E-state index in [0.29, 0.717) is 0 Å². The van der Waals surface area contributed by atoms with E-state index in [-0.39, 0.29) is 0 Å². The monoisotopic (exact) mass is 223 g/mol. The quantitative estimate of drug-likeness (QED) is 0.681. The molecule has 1 nitrogen and oxygen atoms in total. The van der Waals surface area contributed by atoms with E-state index in [4.69, 9.17) is 0 Å². The Labute approximate surface area is 103 Å². The predicted molar refractivity (Wildman–Crippen MR) is 74.0 cm³/mol. The lowest BCUT2D eigenvalue weighted by atomic mass is 10.1. The fraction of sp³-hybridized carbons (Fsp3) is 0.188. The molecule has 0 aliphatic rings. The van der Waals surface area contributed by atoms with Gasteiger partial charge in [0.05, 0.1) is 5.69 Å². The third kappa shape index (κ3) is 3.56. The molecule has 0 aliphatic heterocycles. The van der Waals surface area contributed by atoms with Crippen LogP contribution < -0.4 is 0 Å². The largest absolute Gasteiger partial charge is 0.258 e. The summed E-state index contributed by atoms with van der Waals surface area (Å²) >= 11 is 0. The zero-order chi connectivity index (χ0) is 11.9. The van der Waals surface area contributed by atoms with E-state index in [0.717, 1.165) is 18.5 Å². The highest BCUT2D eigenvalue weighted by molar-refractivity contribution is 5.88. The molecule has 0 fully saturated rings. The van der Waals surface area contributed by atoms with Crippen molar-refractivity contribution >= 4 is 11.4 Å². The van der Waals surface area contributed by atoms with E-state index < -0.39 is 0 Å². The molecular weight excluding hydrogens is 206 g/mol. The maximum atomic E-state index is 4.69. The van der Waals surface area contributed by atoms with Crippen LogP contribution in [0.25, 0.3) is 0 Å². The fourth-order valence-electron chi connectivity index (χ4n) is 1.76. The van der Waals surface area contributed by atoms with E-state index in [1.165, 1.54) is 11.3 Å². The molecule has 0 aromatic heterocycles. The first-order chi connectivity index (χ1) is 8.38. The highest BCUT2D eigenvalue weighted by Crippen LogP contribution is 2.13. The van der Waals surface area contributed by atoms with Crippen LogP contribution in [0.4, 0.5) is 5.69 Å². The van der Waals surface area contributed by atoms with Crippen molar-refractivity contribution in [1.82, 2.24) is 0 Å². The Balaban J connectivity index is 2.15. The summed E-state index contributed by atoms with van der Waals surface area (Å²) in [5, 5.41) is 0. The minimum absolute atomic E-state index is 0.937. The first-order valence-corrected chi connectivity index (χ1v) is 6.04. The molecule has 2 aromatic rings.